The van der Waals surface area contributed by atoms with Gasteiger partial charge in [0.25, 0.3) is 0 Å². The SMILES string of the molecule is N#CC1CCCCN1CCC(F)F. The number of nitriles is 1. The molecule has 1 atom stereocenters. The monoisotopic (exact) mass is 188 g/mol. The first-order chi connectivity index (χ1) is 6.24. The number of hydrogen-bond acceptors (Lipinski definition) is 2. The molecule has 0 amide bonds. The summed E-state index contributed by atoms with van der Waals surface area (Å²) in [5.41, 5.74) is 0. The van der Waals surface area contributed by atoms with Gasteiger partial charge in [-0.2, -0.15) is 5.26 Å². The largest absolute Gasteiger partial charge is 0.288 e. The van der Waals surface area contributed by atoms with Crippen LogP contribution in [0.25, 0.3) is 0 Å². The molecule has 1 aliphatic rings. The van der Waals surface area contributed by atoms with E-state index in [2.05, 4.69) is 6.07 Å². The van der Waals surface area contributed by atoms with Gasteiger partial charge >= 0.3 is 0 Å². The van der Waals surface area contributed by atoms with Crippen LogP contribution < -0.4 is 0 Å². The minimum atomic E-state index is -2.25. The van der Waals surface area contributed by atoms with E-state index in [4.69, 9.17) is 5.26 Å². The van der Waals surface area contributed by atoms with Crippen LogP contribution >= 0.6 is 0 Å². The van der Waals surface area contributed by atoms with Gasteiger partial charge in [0, 0.05) is 13.0 Å². The molecule has 0 N–H and O–H groups in total. The van der Waals surface area contributed by atoms with Crippen molar-refractivity contribution >= 4 is 0 Å². The van der Waals surface area contributed by atoms with Gasteiger partial charge in [0.05, 0.1) is 12.1 Å². The molecule has 0 aromatic heterocycles. The van der Waals surface area contributed by atoms with Crippen molar-refractivity contribution in [3.8, 4) is 6.07 Å². The summed E-state index contributed by atoms with van der Waals surface area (Å²) in [6, 6.07) is 2.03. The standard InChI is InChI=1S/C9H14F2N2/c10-9(11)4-6-13-5-2-1-3-8(13)7-12/h8-9H,1-6H2. The number of rotatable bonds is 3. The highest BCUT2D eigenvalue weighted by Gasteiger charge is 2.22. The van der Waals surface area contributed by atoms with Crippen LogP contribution in [0.15, 0.2) is 0 Å². The van der Waals surface area contributed by atoms with Crippen LogP contribution in [-0.4, -0.2) is 30.5 Å². The van der Waals surface area contributed by atoms with Gasteiger partial charge in [-0.25, -0.2) is 8.78 Å². The second-order valence-electron chi connectivity index (χ2n) is 3.36. The maximum Gasteiger partial charge on any atom is 0.239 e. The average molecular weight is 188 g/mol. The average Bonchev–Trinajstić information content (AvgIpc) is 2.15. The highest BCUT2D eigenvalue weighted by atomic mass is 19.3. The number of piperidine rings is 1. The molecule has 1 unspecified atom stereocenters. The molecule has 4 heteroatoms. The molecule has 1 saturated heterocycles. The van der Waals surface area contributed by atoms with Crippen molar-refractivity contribution in [2.75, 3.05) is 13.1 Å². The molecule has 0 aliphatic carbocycles. The van der Waals surface area contributed by atoms with Crippen molar-refractivity contribution in [2.24, 2.45) is 0 Å². The third-order valence-electron chi connectivity index (χ3n) is 2.40. The van der Waals surface area contributed by atoms with Gasteiger partial charge in [-0.15, -0.1) is 0 Å². The van der Waals surface area contributed by atoms with E-state index in [1.807, 2.05) is 4.90 Å². The number of likely N-dealkylation sites (tertiary alicyclic amines) is 1. The van der Waals surface area contributed by atoms with Crippen LogP contribution in [0.4, 0.5) is 8.78 Å². The predicted molar refractivity (Wildman–Crippen MR) is 45.4 cm³/mol. The first-order valence-electron chi connectivity index (χ1n) is 4.66. The van der Waals surface area contributed by atoms with E-state index in [1.165, 1.54) is 0 Å². The third-order valence-corrected chi connectivity index (χ3v) is 2.40. The van der Waals surface area contributed by atoms with Gasteiger partial charge in [0.1, 0.15) is 0 Å². The Labute approximate surface area is 77.1 Å². The molecular weight excluding hydrogens is 174 g/mol. The van der Waals surface area contributed by atoms with Crippen molar-refractivity contribution in [1.29, 1.82) is 5.26 Å². The van der Waals surface area contributed by atoms with E-state index in [1.54, 1.807) is 0 Å². The molecule has 0 radical (unpaired) electrons. The molecule has 13 heavy (non-hydrogen) atoms. The highest BCUT2D eigenvalue weighted by molar-refractivity contribution is 4.93. The maximum absolute atomic E-state index is 11.9. The molecule has 1 fully saturated rings. The predicted octanol–water partition coefficient (Wildman–Crippen LogP) is 2.02. The van der Waals surface area contributed by atoms with Crippen LogP contribution in [0.5, 0.6) is 0 Å². The molecule has 1 heterocycles. The molecule has 74 valence electrons. The van der Waals surface area contributed by atoms with Gasteiger partial charge in [-0.05, 0) is 25.8 Å². The number of hydrogen-bond donors (Lipinski definition) is 0. The first-order valence-corrected chi connectivity index (χ1v) is 4.66. The zero-order valence-corrected chi connectivity index (χ0v) is 7.55. The molecule has 1 aliphatic heterocycles. The van der Waals surface area contributed by atoms with E-state index in [0.29, 0.717) is 6.54 Å². The lowest BCUT2D eigenvalue weighted by atomic mass is 10.0. The lowest BCUT2D eigenvalue weighted by Crippen LogP contribution is -2.39. The molecule has 0 spiro atoms. The van der Waals surface area contributed by atoms with Crippen molar-refractivity contribution in [2.45, 2.75) is 38.2 Å². The summed E-state index contributed by atoms with van der Waals surface area (Å²) in [5.74, 6) is 0. The molecule has 0 saturated carbocycles. The Morgan fingerprint density at radius 2 is 2.23 bits per heavy atom. The van der Waals surface area contributed by atoms with Crippen molar-refractivity contribution in [1.82, 2.24) is 4.90 Å². The Hall–Kier alpha value is -0.690. The molecule has 0 bridgehead atoms. The van der Waals surface area contributed by atoms with Crippen LogP contribution in [0.1, 0.15) is 25.7 Å². The maximum atomic E-state index is 11.9. The Balaban J connectivity index is 2.33. The van der Waals surface area contributed by atoms with Gasteiger partial charge in [-0.1, -0.05) is 0 Å². The highest BCUT2D eigenvalue weighted by Crippen LogP contribution is 2.17. The van der Waals surface area contributed by atoms with Crippen LogP contribution in [0, 0.1) is 11.3 Å². The fourth-order valence-corrected chi connectivity index (χ4v) is 1.67. The smallest absolute Gasteiger partial charge is 0.239 e. The summed E-state index contributed by atoms with van der Waals surface area (Å²) in [6.07, 6.45) is 0.546. The lowest BCUT2D eigenvalue weighted by molar-refractivity contribution is 0.0996. The Morgan fingerprint density at radius 1 is 1.46 bits per heavy atom. The van der Waals surface area contributed by atoms with E-state index in [9.17, 15) is 8.78 Å². The quantitative estimate of drug-likeness (QED) is 0.677. The summed E-state index contributed by atoms with van der Waals surface area (Å²) in [6.45, 7) is 1.15. The number of halogens is 2. The van der Waals surface area contributed by atoms with E-state index in [0.717, 1.165) is 25.8 Å². The second kappa shape index (κ2) is 5.13. The third kappa shape index (κ3) is 3.27. The summed E-state index contributed by atoms with van der Waals surface area (Å²) in [4.78, 5) is 1.87. The van der Waals surface area contributed by atoms with E-state index >= 15 is 0 Å². The Bertz CT molecular complexity index is 189. The molecule has 0 aromatic carbocycles. The van der Waals surface area contributed by atoms with Crippen molar-refractivity contribution in [3.05, 3.63) is 0 Å². The van der Waals surface area contributed by atoms with Gasteiger partial charge in [-0.3, -0.25) is 4.90 Å². The Morgan fingerprint density at radius 3 is 2.85 bits per heavy atom. The molecule has 1 rings (SSSR count). The zero-order chi connectivity index (χ0) is 9.68. The molecular formula is C9H14F2N2. The summed E-state index contributed by atoms with van der Waals surface area (Å²) < 4.78 is 23.8. The number of nitrogens with zero attached hydrogens (tertiary/aromatic N) is 2. The normalized spacial score (nSPS) is 24.6. The van der Waals surface area contributed by atoms with Gasteiger partial charge in [0.2, 0.25) is 6.43 Å². The summed E-state index contributed by atoms with van der Waals surface area (Å²) in [7, 11) is 0. The van der Waals surface area contributed by atoms with Crippen LogP contribution in [0.2, 0.25) is 0 Å². The van der Waals surface area contributed by atoms with Crippen LogP contribution in [-0.2, 0) is 0 Å². The van der Waals surface area contributed by atoms with E-state index < -0.39 is 6.43 Å². The summed E-state index contributed by atoms with van der Waals surface area (Å²) >= 11 is 0. The zero-order valence-electron chi connectivity index (χ0n) is 7.55. The molecule has 2 nitrogen and oxygen atoms in total. The Kier molecular flexibility index (Phi) is 4.10. The fourth-order valence-electron chi connectivity index (χ4n) is 1.67. The van der Waals surface area contributed by atoms with Gasteiger partial charge in [0.15, 0.2) is 0 Å². The second-order valence-corrected chi connectivity index (χ2v) is 3.36. The topological polar surface area (TPSA) is 27.0 Å². The minimum Gasteiger partial charge on any atom is -0.288 e. The van der Waals surface area contributed by atoms with Crippen LogP contribution in [0.3, 0.4) is 0 Å². The van der Waals surface area contributed by atoms with E-state index in [-0.39, 0.29) is 12.5 Å². The van der Waals surface area contributed by atoms with Gasteiger partial charge < -0.3 is 0 Å². The number of alkyl halides is 2. The fraction of sp³-hybridized carbons (Fsp3) is 0.889. The molecule has 0 aromatic rings. The lowest BCUT2D eigenvalue weighted by Gasteiger charge is -2.30. The van der Waals surface area contributed by atoms with Crippen molar-refractivity contribution in [3.63, 3.8) is 0 Å². The summed E-state index contributed by atoms with van der Waals surface area (Å²) in [5, 5.41) is 8.75. The minimum absolute atomic E-state index is 0.113. The first kappa shape index (κ1) is 10.4. The van der Waals surface area contributed by atoms with Crippen molar-refractivity contribution < 1.29 is 8.78 Å².